The summed E-state index contributed by atoms with van der Waals surface area (Å²) >= 11 is 0. The van der Waals surface area contributed by atoms with E-state index in [4.69, 9.17) is 0 Å². The summed E-state index contributed by atoms with van der Waals surface area (Å²) in [5.41, 5.74) is 8.00. The molecule has 2 radical (unpaired) electrons. The van der Waals surface area contributed by atoms with Gasteiger partial charge in [0.1, 0.15) is 0 Å². The van der Waals surface area contributed by atoms with Crippen LogP contribution in [0, 0.1) is 61.6 Å². The molecule has 1 aromatic rings. The van der Waals surface area contributed by atoms with Gasteiger partial charge in [0, 0.05) is 65.4 Å². The molecular formula is C18H30Y2-4. The van der Waals surface area contributed by atoms with Gasteiger partial charge in [-0.25, -0.2) is 0 Å². The first-order valence-electron chi connectivity index (χ1n) is 5.75. The molecule has 0 bridgehead atoms. The molecule has 0 heterocycles. The molecule has 0 aliphatic rings. The van der Waals surface area contributed by atoms with E-state index < -0.39 is 0 Å². The van der Waals surface area contributed by atoms with Crippen molar-refractivity contribution in [3.05, 3.63) is 60.4 Å². The summed E-state index contributed by atoms with van der Waals surface area (Å²) in [6.45, 7) is 16.7. The number of rotatable bonds is 0. The molecule has 0 fully saturated rings. The third kappa shape index (κ3) is 11.8. The van der Waals surface area contributed by atoms with Crippen molar-refractivity contribution in [1.29, 1.82) is 0 Å². The molecule has 1 aromatic carbocycles. The molecule has 0 spiro atoms. The molecule has 0 aromatic heterocycles. The Hall–Kier alpha value is 1.17. The summed E-state index contributed by atoms with van der Waals surface area (Å²) in [6, 6.07) is 3.35. The van der Waals surface area contributed by atoms with Gasteiger partial charge in [-0.05, 0) is 0 Å². The summed E-state index contributed by atoms with van der Waals surface area (Å²) in [4.78, 5) is 0. The van der Waals surface area contributed by atoms with E-state index >= 15 is 0 Å². The van der Waals surface area contributed by atoms with Crippen LogP contribution >= 0.6 is 0 Å². The molecule has 0 unspecified atom stereocenters. The minimum atomic E-state index is 0. The fourth-order valence-electron chi connectivity index (χ4n) is 1.31. The largest absolute Gasteiger partial charge is 0.501 e. The predicted octanol–water partition coefficient (Wildman–Crippen LogP) is 5.70. The molecule has 0 aliphatic carbocycles. The molecule has 1 rings (SSSR count). The molecule has 0 nitrogen and oxygen atoms in total. The number of benzene rings is 1. The maximum Gasteiger partial charge on any atom is 0 e. The number of hydrogen-bond donors (Lipinski definition) is 0. The van der Waals surface area contributed by atoms with E-state index in [1.807, 2.05) is 20.8 Å². The van der Waals surface area contributed by atoms with Crippen LogP contribution in [0.25, 0.3) is 0 Å². The second-order valence-electron chi connectivity index (χ2n) is 4.50. The number of hydrogen-bond acceptors (Lipinski definition) is 0. The Bertz CT molecular complexity index is 361. The van der Waals surface area contributed by atoms with Crippen LogP contribution in [0.1, 0.15) is 48.6 Å². The first-order chi connectivity index (χ1) is 7.31. The fourth-order valence-corrected chi connectivity index (χ4v) is 1.31. The third-order valence-corrected chi connectivity index (χ3v) is 3.12. The maximum atomic E-state index is 3.35. The van der Waals surface area contributed by atoms with E-state index in [9.17, 15) is 0 Å². The van der Waals surface area contributed by atoms with Crippen LogP contribution in [0.4, 0.5) is 0 Å². The van der Waals surface area contributed by atoms with Crippen LogP contribution in [-0.4, -0.2) is 0 Å². The van der Waals surface area contributed by atoms with Crippen LogP contribution in [0.15, 0.2) is 5.57 Å². The topological polar surface area (TPSA) is 0 Å². The van der Waals surface area contributed by atoms with Gasteiger partial charge in [0.2, 0.25) is 0 Å². The zero-order valence-corrected chi connectivity index (χ0v) is 20.8. The molecular weight excluding hydrogens is 394 g/mol. The van der Waals surface area contributed by atoms with Crippen LogP contribution in [-0.2, 0) is 65.4 Å². The Morgan fingerprint density at radius 1 is 0.750 bits per heavy atom. The van der Waals surface area contributed by atoms with Gasteiger partial charge in [0.15, 0.2) is 0 Å². The Labute approximate surface area is 179 Å². The van der Waals surface area contributed by atoms with Gasteiger partial charge >= 0.3 is 0 Å². The van der Waals surface area contributed by atoms with Gasteiger partial charge in [-0.15, -0.1) is 0 Å². The minimum absolute atomic E-state index is 0. The minimum Gasteiger partial charge on any atom is -0.501 e. The second kappa shape index (κ2) is 16.5. The van der Waals surface area contributed by atoms with E-state index in [1.165, 1.54) is 33.4 Å². The summed E-state index contributed by atoms with van der Waals surface area (Å²) in [6.07, 6.45) is 2.94. The van der Waals surface area contributed by atoms with Crippen molar-refractivity contribution in [2.24, 2.45) is 0 Å². The Balaban J connectivity index is -0.0000000744. The van der Waals surface area contributed by atoms with Crippen molar-refractivity contribution in [2.75, 3.05) is 0 Å². The molecule has 0 N–H and O–H groups in total. The summed E-state index contributed by atoms with van der Waals surface area (Å²) in [5, 5.41) is 0. The van der Waals surface area contributed by atoms with E-state index in [2.05, 4.69) is 46.8 Å². The van der Waals surface area contributed by atoms with Crippen molar-refractivity contribution in [3.63, 3.8) is 0 Å². The molecule has 0 amide bonds. The van der Waals surface area contributed by atoms with Crippen molar-refractivity contribution in [3.8, 4) is 0 Å². The fraction of sp³-hybridized carbons (Fsp3) is 0.444. The quantitative estimate of drug-likeness (QED) is 0.469. The van der Waals surface area contributed by atoms with Crippen molar-refractivity contribution < 1.29 is 65.4 Å². The predicted molar refractivity (Wildman–Crippen MR) is 85.6 cm³/mol. The number of aryl methyl sites for hydroxylation is 2. The van der Waals surface area contributed by atoms with E-state index in [-0.39, 0.29) is 80.3 Å². The average molecular weight is 424 g/mol. The monoisotopic (exact) mass is 424 g/mol. The Kier molecular flexibility index (Phi) is 27.2. The zero-order chi connectivity index (χ0) is 12.9. The maximum absolute atomic E-state index is 3.35. The third-order valence-electron chi connectivity index (χ3n) is 3.12. The summed E-state index contributed by atoms with van der Waals surface area (Å²) in [5.74, 6) is 0. The van der Waals surface area contributed by atoms with Crippen LogP contribution < -0.4 is 0 Å². The molecule has 20 heavy (non-hydrogen) atoms. The van der Waals surface area contributed by atoms with Gasteiger partial charge in [-0.3, -0.25) is 5.57 Å². The molecule has 112 valence electrons. The van der Waals surface area contributed by atoms with Crippen molar-refractivity contribution in [1.82, 2.24) is 0 Å². The smallest absolute Gasteiger partial charge is 0 e. The SMILES string of the molecule is C[C-]=C(C)C.Cc1[c-]c(C)c(C)c(C)c1C.[CH3-].[CH3-].[Y].[Y]. The first kappa shape index (κ1) is 32.9. The van der Waals surface area contributed by atoms with Gasteiger partial charge in [0.25, 0.3) is 0 Å². The van der Waals surface area contributed by atoms with E-state index in [0.717, 1.165) is 0 Å². The van der Waals surface area contributed by atoms with Gasteiger partial charge in [-0.1, -0.05) is 48.5 Å². The molecule has 0 saturated heterocycles. The molecule has 0 aliphatic heterocycles. The van der Waals surface area contributed by atoms with Gasteiger partial charge < -0.3 is 20.9 Å². The number of allylic oxidation sites excluding steroid dienone is 2. The first-order valence-corrected chi connectivity index (χ1v) is 5.75. The second-order valence-corrected chi connectivity index (χ2v) is 4.50. The van der Waals surface area contributed by atoms with Gasteiger partial charge in [-0.2, -0.15) is 40.8 Å². The Morgan fingerprint density at radius 3 is 1.20 bits per heavy atom. The zero-order valence-electron chi connectivity index (χ0n) is 15.2. The van der Waals surface area contributed by atoms with E-state index in [1.54, 1.807) is 0 Å². The van der Waals surface area contributed by atoms with Crippen LogP contribution in [0.5, 0.6) is 0 Å². The van der Waals surface area contributed by atoms with Crippen molar-refractivity contribution in [2.45, 2.75) is 55.4 Å². The summed E-state index contributed by atoms with van der Waals surface area (Å²) in [7, 11) is 0. The summed E-state index contributed by atoms with van der Waals surface area (Å²) < 4.78 is 0. The van der Waals surface area contributed by atoms with Crippen molar-refractivity contribution >= 4 is 0 Å². The van der Waals surface area contributed by atoms with E-state index in [0.29, 0.717) is 0 Å². The van der Waals surface area contributed by atoms with Crippen LogP contribution in [0.3, 0.4) is 0 Å². The molecule has 0 saturated carbocycles. The normalized spacial score (nSPS) is 7.40. The van der Waals surface area contributed by atoms with Crippen LogP contribution in [0.2, 0.25) is 0 Å². The standard InChI is InChI=1S/C11H15.C5H9.2CH3.2Y/c1-7-6-8(2)10(4)11(5)9(7)3;1-4-5(2)3;;;;/h1-5H3;1-3H3;2*1H3;;/q4*-1;;. The molecule has 2 heteroatoms. The molecule has 0 atom stereocenters. The Morgan fingerprint density at radius 2 is 1.00 bits per heavy atom. The average Bonchev–Trinajstić information content (AvgIpc) is 2.24. The van der Waals surface area contributed by atoms with Gasteiger partial charge in [0.05, 0.1) is 0 Å².